The number of hydrogen-bond acceptors (Lipinski definition) is 2. The summed E-state index contributed by atoms with van der Waals surface area (Å²) in [5, 5.41) is 3.56. The van der Waals surface area contributed by atoms with E-state index in [0.717, 1.165) is 0 Å². The first-order chi connectivity index (χ1) is 7.18. The van der Waals surface area contributed by atoms with E-state index in [1.54, 1.807) is 24.3 Å². The van der Waals surface area contributed by atoms with Gasteiger partial charge in [0.15, 0.2) is 5.82 Å². The van der Waals surface area contributed by atoms with Crippen LogP contribution < -0.4 is 0 Å². The predicted molar refractivity (Wildman–Crippen MR) is 54.4 cm³/mol. The van der Waals surface area contributed by atoms with E-state index in [1.807, 2.05) is 6.07 Å². The molecule has 0 spiro atoms. The molecule has 0 N–H and O–H groups in total. The molecule has 2 aromatic rings. The quantitative estimate of drug-likeness (QED) is 0.842. The third kappa shape index (κ3) is 2.04. The Bertz CT molecular complexity index is 456. The van der Waals surface area contributed by atoms with Crippen molar-refractivity contribution in [2.45, 2.75) is 6.55 Å². The molecule has 6 heteroatoms. The lowest BCUT2D eigenvalue weighted by atomic mass is 10.2. The summed E-state index contributed by atoms with van der Waals surface area (Å²) in [6.07, 6.45) is 0. The Labute approximate surface area is 92.9 Å². The Morgan fingerprint density at radius 2 is 1.87 bits per heavy atom. The van der Waals surface area contributed by atoms with E-state index < -0.39 is 6.55 Å². The van der Waals surface area contributed by atoms with Gasteiger partial charge in [-0.1, -0.05) is 30.3 Å². The van der Waals surface area contributed by atoms with Gasteiger partial charge in [0.25, 0.3) is 0 Å². The lowest BCUT2D eigenvalue weighted by molar-refractivity contribution is 0.0579. The monoisotopic (exact) mass is 273 g/mol. The third-order valence-corrected chi connectivity index (χ3v) is 2.16. The van der Waals surface area contributed by atoms with E-state index in [9.17, 15) is 8.78 Å². The zero-order chi connectivity index (χ0) is 10.8. The first-order valence-corrected chi connectivity index (χ1v) is 4.93. The summed E-state index contributed by atoms with van der Waals surface area (Å²) < 4.78 is 25.9. The molecule has 0 radical (unpaired) electrons. The van der Waals surface area contributed by atoms with Gasteiger partial charge in [0, 0.05) is 5.56 Å². The molecular weight excluding hydrogens is 268 g/mol. The van der Waals surface area contributed by atoms with Crippen LogP contribution in [0.15, 0.2) is 35.1 Å². The molecule has 3 nitrogen and oxygen atoms in total. The second kappa shape index (κ2) is 4.06. The largest absolute Gasteiger partial charge is 0.335 e. The highest BCUT2D eigenvalue weighted by molar-refractivity contribution is 9.10. The minimum Gasteiger partial charge on any atom is -0.201 e. The van der Waals surface area contributed by atoms with E-state index >= 15 is 0 Å². The fourth-order valence-corrected chi connectivity index (χ4v) is 1.56. The molecule has 1 heterocycles. The first-order valence-electron chi connectivity index (χ1n) is 4.14. The van der Waals surface area contributed by atoms with Gasteiger partial charge in [-0.05, 0) is 15.9 Å². The van der Waals surface area contributed by atoms with Gasteiger partial charge < -0.3 is 0 Å². The number of alkyl halides is 2. The standard InChI is InChI=1S/C9H6BrF2N3/c10-8-13-7(15(14-8)9(11)12)6-4-2-1-3-5-6/h1-5,9H. The molecule has 0 aliphatic heterocycles. The number of halogens is 3. The molecular formula is C9H6BrF2N3. The van der Waals surface area contributed by atoms with Crippen LogP contribution in [0.4, 0.5) is 8.78 Å². The van der Waals surface area contributed by atoms with Crippen LogP contribution in [0.2, 0.25) is 0 Å². The molecule has 0 aliphatic rings. The van der Waals surface area contributed by atoms with Crippen LogP contribution in [0.3, 0.4) is 0 Å². The fourth-order valence-electron chi connectivity index (χ4n) is 1.22. The van der Waals surface area contributed by atoms with Crippen LogP contribution in [-0.4, -0.2) is 14.8 Å². The van der Waals surface area contributed by atoms with Crippen LogP contribution >= 0.6 is 15.9 Å². The molecule has 0 saturated carbocycles. The van der Waals surface area contributed by atoms with E-state index in [-0.39, 0.29) is 10.6 Å². The highest BCUT2D eigenvalue weighted by Gasteiger charge is 2.16. The van der Waals surface area contributed by atoms with Crippen LogP contribution in [0.25, 0.3) is 11.4 Å². The maximum atomic E-state index is 12.6. The zero-order valence-electron chi connectivity index (χ0n) is 7.44. The Balaban J connectivity index is 2.53. The van der Waals surface area contributed by atoms with Crippen molar-refractivity contribution in [1.29, 1.82) is 0 Å². The molecule has 78 valence electrons. The topological polar surface area (TPSA) is 30.7 Å². The molecule has 2 rings (SSSR count). The van der Waals surface area contributed by atoms with Crippen LogP contribution in [0.1, 0.15) is 6.55 Å². The lowest BCUT2D eigenvalue weighted by Gasteiger charge is -2.03. The van der Waals surface area contributed by atoms with Crippen molar-refractivity contribution in [2.75, 3.05) is 0 Å². The summed E-state index contributed by atoms with van der Waals surface area (Å²) in [5.41, 5.74) is 0.607. The van der Waals surface area contributed by atoms with Gasteiger partial charge in [0.1, 0.15) is 0 Å². The molecule has 1 aromatic heterocycles. The van der Waals surface area contributed by atoms with E-state index in [1.165, 1.54) is 0 Å². The van der Waals surface area contributed by atoms with Gasteiger partial charge in [-0.25, -0.2) is 4.98 Å². The summed E-state index contributed by atoms with van der Waals surface area (Å²) in [6, 6.07) is 8.73. The van der Waals surface area contributed by atoms with E-state index in [0.29, 0.717) is 10.2 Å². The van der Waals surface area contributed by atoms with Gasteiger partial charge >= 0.3 is 6.55 Å². The van der Waals surface area contributed by atoms with Crippen molar-refractivity contribution in [3.8, 4) is 11.4 Å². The van der Waals surface area contributed by atoms with Gasteiger partial charge in [-0.15, -0.1) is 5.10 Å². The van der Waals surface area contributed by atoms with Gasteiger partial charge in [-0.2, -0.15) is 13.5 Å². The van der Waals surface area contributed by atoms with Crippen molar-refractivity contribution in [1.82, 2.24) is 14.8 Å². The van der Waals surface area contributed by atoms with Crippen LogP contribution in [-0.2, 0) is 0 Å². The average molecular weight is 274 g/mol. The lowest BCUT2D eigenvalue weighted by Crippen LogP contribution is -2.02. The summed E-state index contributed by atoms with van der Waals surface area (Å²) >= 11 is 2.97. The summed E-state index contributed by atoms with van der Waals surface area (Å²) in [7, 11) is 0. The summed E-state index contributed by atoms with van der Waals surface area (Å²) in [5.74, 6) is 0.150. The number of nitrogens with zero attached hydrogens (tertiary/aromatic N) is 3. The van der Waals surface area contributed by atoms with Crippen molar-refractivity contribution in [3.05, 3.63) is 35.1 Å². The summed E-state index contributed by atoms with van der Waals surface area (Å²) in [6.45, 7) is -2.70. The van der Waals surface area contributed by atoms with Crippen molar-refractivity contribution >= 4 is 15.9 Å². The highest BCUT2D eigenvalue weighted by Crippen LogP contribution is 2.23. The zero-order valence-corrected chi connectivity index (χ0v) is 9.03. The Kier molecular flexibility index (Phi) is 2.77. The fraction of sp³-hybridized carbons (Fsp3) is 0.111. The minimum absolute atomic E-state index is 0.150. The number of rotatable bonds is 2. The van der Waals surface area contributed by atoms with Gasteiger partial charge in [-0.3, -0.25) is 0 Å². The normalized spacial score (nSPS) is 10.9. The molecule has 0 atom stereocenters. The second-order valence-corrected chi connectivity index (χ2v) is 3.50. The molecule has 0 bridgehead atoms. The SMILES string of the molecule is FC(F)n1nc(Br)nc1-c1ccccc1. The van der Waals surface area contributed by atoms with Crippen LogP contribution in [0, 0.1) is 0 Å². The second-order valence-electron chi connectivity index (χ2n) is 2.79. The Hall–Kier alpha value is -1.30. The van der Waals surface area contributed by atoms with E-state index in [2.05, 4.69) is 26.0 Å². The molecule has 0 fully saturated rings. The molecule has 0 saturated heterocycles. The van der Waals surface area contributed by atoms with Gasteiger partial charge in [0.2, 0.25) is 4.73 Å². The first kappa shape index (κ1) is 10.2. The van der Waals surface area contributed by atoms with Crippen molar-refractivity contribution in [2.24, 2.45) is 0 Å². The van der Waals surface area contributed by atoms with Crippen molar-refractivity contribution < 1.29 is 8.78 Å². The maximum Gasteiger partial charge on any atom is 0.335 e. The number of benzene rings is 1. The van der Waals surface area contributed by atoms with Crippen molar-refractivity contribution in [3.63, 3.8) is 0 Å². The summed E-state index contributed by atoms with van der Waals surface area (Å²) in [4.78, 5) is 3.89. The van der Waals surface area contributed by atoms with Gasteiger partial charge in [0.05, 0.1) is 0 Å². The van der Waals surface area contributed by atoms with E-state index in [4.69, 9.17) is 0 Å². The predicted octanol–water partition coefficient (Wildman–Crippen LogP) is 3.10. The molecule has 0 aliphatic carbocycles. The molecule has 0 unspecified atom stereocenters. The third-order valence-electron chi connectivity index (χ3n) is 1.82. The molecule has 15 heavy (non-hydrogen) atoms. The molecule has 0 amide bonds. The van der Waals surface area contributed by atoms with Crippen LogP contribution in [0.5, 0.6) is 0 Å². The Morgan fingerprint density at radius 3 is 2.47 bits per heavy atom. The smallest absolute Gasteiger partial charge is 0.201 e. The Morgan fingerprint density at radius 1 is 1.20 bits per heavy atom. The number of hydrogen-bond donors (Lipinski definition) is 0. The number of aromatic nitrogens is 3. The minimum atomic E-state index is -2.70. The maximum absolute atomic E-state index is 12.6. The molecule has 1 aromatic carbocycles. The highest BCUT2D eigenvalue weighted by atomic mass is 79.9. The average Bonchev–Trinajstić information content (AvgIpc) is 2.62.